The second kappa shape index (κ2) is 56.8. The lowest BCUT2D eigenvalue weighted by Gasteiger charge is -2.35. The summed E-state index contributed by atoms with van der Waals surface area (Å²) in [5.74, 6) is -15.8. The average molecular weight is 2150 g/mol. The van der Waals surface area contributed by atoms with E-state index in [0.717, 1.165) is 28.1 Å². The summed E-state index contributed by atoms with van der Waals surface area (Å²) in [6.45, 7) is 9.92. The lowest BCUT2D eigenvalue weighted by molar-refractivity contribution is -0.145. The number of imidazole rings is 2. The number of carbonyl (C=O) groups is 17. The van der Waals surface area contributed by atoms with Crippen molar-refractivity contribution >= 4 is 145 Å². The zero-order chi connectivity index (χ0) is 109. The highest BCUT2D eigenvalue weighted by Gasteiger charge is 2.51. The van der Waals surface area contributed by atoms with E-state index in [1.54, 1.807) is 50.4 Å². The van der Waals surface area contributed by atoms with Gasteiger partial charge in [-0.2, -0.15) is 0 Å². The van der Waals surface area contributed by atoms with Crippen molar-refractivity contribution in [2.45, 2.75) is 293 Å². The van der Waals surface area contributed by atoms with E-state index in [0.29, 0.717) is 74.1 Å². The van der Waals surface area contributed by atoms with E-state index in [2.05, 4.69) is 121 Å². The standard InChI is InChI=1S/C101H149BrN30O18/c1-57(2)45-71(123-83(136)67(21-13-38-115-98(106)107)121-88(141)77-24-15-43-130(77)91(144)70(20-11-12-37-114-97(104)105)122-85(138)69(32-33-80(103)133)120-84(137)68(22-14-39-116-99(108)109)127-95(149)100(3,4)94(148)113-42-36-65-52-111-55-118-65)87(140)129-101(5,6)96(150)128-73(51-66-53-112-56-119-66)86(139)124-72(47-59-34-40-110-41-35-59)82(135)117-54-81(134)132-76-23-10-9-19-63(76)50-79(132)90(143)125-74(48-58-27-30-64(102)31-28-58)92(145)131-44-16-25-78(131)89(142)126-75(93(146)147)49-60-26-29-61-17-7-8-18-62(61)46-60/h7-8,17-18,26-31,46,52-53,55-57,59,63,67-79,110H,9-16,19-25,32-45,47-51,54H2,1-6H3,(H2,103,133)(H,111,118)(H,112,119)(H,113,148)(H,117,135)(H,120,137)(H,121,141)(H,122,138)(H,123,136)(H,124,139)(H,125,143)(H,126,142)(H,127,149)(H,128,150)(H,129,140)(H,146,147)(H4,104,105,114)(H4,106,107,115)(H4,108,109,116)/t63-,67+,68+,69-,70-,71-,72-,73-,74-,75+,76-,77-,78-,79-/m0/s1. The molecule has 14 atom stereocenters. The van der Waals surface area contributed by atoms with Crippen molar-refractivity contribution in [1.82, 2.24) is 120 Å². The quantitative estimate of drug-likeness (QED) is 0.00955. The van der Waals surface area contributed by atoms with Crippen LogP contribution in [0.1, 0.15) is 205 Å². The third-order valence-corrected chi connectivity index (χ3v) is 28.5. The molecule has 5 aromatic rings. The topological polar surface area (TPSA) is 746 Å². The maximum absolute atomic E-state index is 15.3. The number of hydrogen-bond donors (Lipinski definition) is 26. The number of primary amides is 1. The summed E-state index contributed by atoms with van der Waals surface area (Å²) >= 11 is 3.48. The molecule has 150 heavy (non-hydrogen) atoms. The minimum Gasteiger partial charge on any atom is -0.480 e. The van der Waals surface area contributed by atoms with E-state index < -0.39 is 215 Å². The molecule has 0 radical (unpaired) electrons. The molecule has 30 N–H and O–H groups in total. The van der Waals surface area contributed by atoms with Gasteiger partial charge in [0.25, 0.3) is 0 Å². The molecule has 5 aliphatic rings. The fourth-order valence-corrected chi connectivity index (χ4v) is 19.9. The Morgan fingerprint density at radius 1 is 0.480 bits per heavy atom. The molecule has 6 heterocycles. The fourth-order valence-electron chi connectivity index (χ4n) is 19.7. The molecule has 818 valence electrons. The molecule has 4 saturated heterocycles. The summed E-state index contributed by atoms with van der Waals surface area (Å²) in [6.07, 6.45) is 10.4. The lowest BCUT2D eigenvalue weighted by atomic mass is 9.84. The third-order valence-electron chi connectivity index (χ3n) is 27.9. The number of halogens is 1. The smallest absolute Gasteiger partial charge is 0.326 e. The van der Waals surface area contributed by atoms with Crippen LogP contribution in [0.3, 0.4) is 0 Å². The van der Waals surface area contributed by atoms with Gasteiger partial charge < -0.3 is 138 Å². The summed E-state index contributed by atoms with van der Waals surface area (Å²) in [4.78, 5) is 266. The molecule has 3 aromatic carbocycles. The van der Waals surface area contributed by atoms with Gasteiger partial charge in [0.15, 0.2) is 17.9 Å². The zero-order valence-corrected chi connectivity index (χ0v) is 87.5. The molecule has 1 aliphatic carbocycles. The van der Waals surface area contributed by atoms with E-state index in [4.69, 9.17) is 39.2 Å². The number of nitrogens with one attached hydrogen (secondary N) is 21. The second-order valence-corrected chi connectivity index (χ2v) is 41.6. The van der Waals surface area contributed by atoms with Crippen molar-refractivity contribution in [3.05, 3.63) is 119 Å². The Morgan fingerprint density at radius 3 is 1.59 bits per heavy atom. The van der Waals surface area contributed by atoms with Crippen molar-refractivity contribution in [2.24, 2.45) is 46.1 Å². The van der Waals surface area contributed by atoms with Crippen LogP contribution in [0.4, 0.5) is 0 Å². The van der Waals surface area contributed by atoms with Crippen molar-refractivity contribution in [3.63, 3.8) is 0 Å². The van der Waals surface area contributed by atoms with Gasteiger partial charge in [-0.3, -0.25) is 92.9 Å². The van der Waals surface area contributed by atoms with E-state index in [-0.39, 0.29) is 172 Å². The number of likely N-dealkylation sites (tertiary alicyclic amines) is 3. The molecule has 0 bridgehead atoms. The highest BCUT2D eigenvalue weighted by atomic mass is 79.9. The van der Waals surface area contributed by atoms with E-state index in [1.807, 2.05) is 36.4 Å². The molecule has 48 nitrogen and oxygen atoms in total. The molecule has 0 unspecified atom stereocenters. The number of carboxylic acids is 1. The number of aromatic nitrogens is 4. The number of H-pyrrole nitrogens is 2. The SMILES string of the molecule is CC(C)C[C@H](NC(=O)[C@@H](CCCNC(=N)N)NC(=O)[C@@H]1CCCN1C(=O)[C@H](CCCCNC(=N)N)NC(=O)[C@H](CCC(N)=O)NC(=O)[C@@H](CCCNC(=N)N)NC(=O)C(C)(C)C(=O)NCCc1c[nH]cn1)C(=O)NC(C)(C)C(=O)N[C@@H](Cc1c[nH]cn1)C(=O)N[C@@H](CC1CCNCC1)C(=O)NCC(=O)N1[C@H](C(=O)N[C@@H](Cc2ccc(Br)cc2)C(=O)N2CCC[C@H]2C(=O)N[C@H](Cc2ccc3ccccc3c2)C(=O)O)C[C@@H]2CCCC[C@@H]21. The average Bonchev–Trinajstić information content (AvgIpc) is 1.62. The number of aliphatic carboxylic acids is 1. The molecule has 4 aliphatic heterocycles. The van der Waals surface area contributed by atoms with Crippen LogP contribution in [0.5, 0.6) is 0 Å². The number of fused-ring (bicyclic) bond motifs is 2. The summed E-state index contributed by atoms with van der Waals surface area (Å²) in [6, 6.07) is 3.42. The molecule has 49 heteroatoms. The van der Waals surface area contributed by atoms with Crippen LogP contribution in [0.25, 0.3) is 10.8 Å². The summed E-state index contributed by atoms with van der Waals surface area (Å²) in [5, 5.41) is 79.8. The summed E-state index contributed by atoms with van der Waals surface area (Å²) < 4.78 is 0.753. The fraction of sp³-hybridized carbons (Fsp3) is 0.584. The molecule has 5 fully saturated rings. The van der Waals surface area contributed by atoms with E-state index >= 15 is 43.2 Å². The number of nitrogens with zero attached hydrogens (tertiary/aromatic N) is 5. The van der Waals surface area contributed by atoms with Crippen molar-refractivity contribution in [3.8, 4) is 0 Å². The Bertz CT molecular complexity index is 5550. The first kappa shape index (κ1) is 117. The lowest BCUT2D eigenvalue weighted by Crippen LogP contribution is -2.63. The van der Waals surface area contributed by atoms with Crippen LogP contribution >= 0.6 is 15.9 Å². The number of amides is 16. The summed E-state index contributed by atoms with van der Waals surface area (Å²) in [7, 11) is 0. The maximum Gasteiger partial charge on any atom is 0.326 e. The predicted octanol–water partition coefficient (Wildman–Crippen LogP) is -1.06. The minimum absolute atomic E-state index is 0.0235. The Balaban J connectivity index is 0.813. The van der Waals surface area contributed by atoms with Crippen LogP contribution in [0.2, 0.25) is 0 Å². The van der Waals surface area contributed by atoms with Crippen LogP contribution in [-0.4, -0.2) is 301 Å². The Hall–Kier alpha value is -14.4. The van der Waals surface area contributed by atoms with Gasteiger partial charge in [0.05, 0.1) is 30.6 Å². The van der Waals surface area contributed by atoms with Crippen molar-refractivity contribution in [1.29, 1.82) is 16.2 Å². The number of nitrogens with two attached hydrogens (primary N) is 4. The van der Waals surface area contributed by atoms with E-state index in [9.17, 15) is 43.5 Å². The number of benzene rings is 3. The molecule has 1 saturated carbocycles. The van der Waals surface area contributed by atoms with Gasteiger partial charge in [0.1, 0.15) is 83.5 Å². The van der Waals surface area contributed by atoms with Gasteiger partial charge >= 0.3 is 5.97 Å². The van der Waals surface area contributed by atoms with Crippen molar-refractivity contribution in [2.75, 3.05) is 58.9 Å². The molecular formula is C101H149BrN30O18. The normalized spacial score (nSPS) is 18.4. The van der Waals surface area contributed by atoms with Crippen LogP contribution in [0, 0.1) is 39.4 Å². The van der Waals surface area contributed by atoms with Gasteiger partial charge in [0.2, 0.25) is 94.5 Å². The minimum atomic E-state index is -1.92. The highest BCUT2D eigenvalue weighted by Crippen LogP contribution is 2.40. The first-order valence-electron chi connectivity index (χ1n) is 51.6. The second-order valence-electron chi connectivity index (χ2n) is 40.7. The van der Waals surface area contributed by atoms with Crippen molar-refractivity contribution < 1.29 is 86.6 Å². The molecule has 0 spiro atoms. The van der Waals surface area contributed by atoms with Crippen LogP contribution in [-0.2, 0) is 107 Å². The van der Waals surface area contributed by atoms with Crippen LogP contribution < -0.4 is 108 Å². The first-order chi connectivity index (χ1) is 71.4. The van der Waals surface area contributed by atoms with Gasteiger partial charge in [0, 0.05) is 94.3 Å². The Kier molecular flexibility index (Phi) is 44.5. The highest BCUT2D eigenvalue weighted by molar-refractivity contribution is 9.10. The first-order valence-corrected chi connectivity index (χ1v) is 52.4. The Morgan fingerprint density at radius 2 is 0.993 bits per heavy atom. The number of rotatable bonds is 56. The zero-order valence-electron chi connectivity index (χ0n) is 86.0. The number of unbranched alkanes of at least 4 members (excludes halogenated alkanes) is 1. The number of carboxylic acid groups (broad SMARTS) is 1. The van der Waals surface area contributed by atoms with E-state index in [1.165, 1.54) is 61.2 Å². The van der Waals surface area contributed by atoms with Crippen LogP contribution in [0.15, 0.2) is 96.3 Å². The number of piperidine rings is 1. The van der Waals surface area contributed by atoms with Gasteiger partial charge in [-0.25, -0.2) is 14.8 Å². The number of carbonyl (C=O) groups excluding carboxylic acids is 16. The van der Waals surface area contributed by atoms with Gasteiger partial charge in [-0.15, -0.1) is 0 Å². The molecular weight excluding hydrogens is 2000 g/mol. The van der Waals surface area contributed by atoms with Gasteiger partial charge in [-0.05, 0) is 215 Å². The molecule has 2 aromatic heterocycles. The number of hydrogen-bond acceptors (Lipinski definition) is 23. The predicted molar refractivity (Wildman–Crippen MR) is 558 cm³/mol. The third kappa shape index (κ3) is 35.4. The monoisotopic (exact) mass is 2150 g/mol. The molecule has 16 amide bonds. The largest absolute Gasteiger partial charge is 0.480 e. The molecule has 10 rings (SSSR count). The Labute approximate surface area is 879 Å². The van der Waals surface area contributed by atoms with Gasteiger partial charge in [-0.1, -0.05) is 97.2 Å². The number of aromatic amines is 2. The number of guanidine groups is 3. The maximum atomic E-state index is 15.3. The summed E-state index contributed by atoms with van der Waals surface area (Å²) in [5.41, 5.74) is 20.9.